The third-order valence-electron chi connectivity index (χ3n) is 5.48. The molecule has 0 atom stereocenters. The molecular weight excluding hydrogens is 398 g/mol. The van der Waals surface area contributed by atoms with Crippen molar-refractivity contribution in [2.75, 3.05) is 26.5 Å². The maximum Gasteiger partial charge on any atom is 0.191 e. The van der Waals surface area contributed by atoms with Crippen molar-refractivity contribution in [1.82, 2.24) is 10.6 Å². The standard InChI is InChI=1S/C23H31N3O3S/c1-24-23(25-16-17-29-21-12-14-22(15-13-21)30(2,27)28)26-20-10-8-19(9-11-20)18-6-4-3-5-7-18/h3-7,12-15,19-20H,8-11,16-17H2,1-2H3,(H2,24,25,26). The Morgan fingerprint density at radius 1 is 1.03 bits per heavy atom. The van der Waals surface area contributed by atoms with Crippen molar-refractivity contribution in [3.8, 4) is 5.75 Å². The Hall–Kier alpha value is -2.54. The van der Waals surface area contributed by atoms with E-state index >= 15 is 0 Å². The third kappa shape index (κ3) is 6.49. The fraction of sp³-hybridized carbons (Fsp3) is 0.435. The average Bonchev–Trinajstić information content (AvgIpc) is 2.76. The van der Waals surface area contributed by atoms with Crippen molar-refractivity contribution in [1.29, 1.82) is 0 Å². The predicted octanol–water partition coefficient (Wildman–Crippen LogP) is 3.36. The van der Waals surface area contributed by atoms with Gasteiger partial charge in [-0.1, -0.05) is 30.3 Å². The summed E-state index contributed by atoms with van der Waals surface area (Å²) in [4.78, 5) is 4.61. The van der Waals surface area contributed by atoms with Crippen molar-refractivity contribution >= 4 is 15.8 Å². The van der Waals surface area contributed by atoms with Crippen LogP contribution in [0.25, 0.3) is 0 Å². The first-order valence-corrected chi connectivity index (χ1v) is 12.3. The van der Waals surface area contributed by atoms with E-state index in [4.69, 9.17) is 4.74 Å². The molecule has 1 fully saturated rings. The molecule has 2 aromatic rings. The van der Waals surface area contributed by atoms with Crippen molar-refractivity contribution in [2.24, 2.45) is 4.99 Å². The second-order valence-electron chi connectivity index (χ2n) is 7.69. The average molecular weight is 430 g/mol. The Kier molecular flexibility index (Phi) is 7.74. The van der Waals surface area contributed by atoms with E-state index in [1.807, 2.05) is 0 Å². The van der Waals surface area contributed by atoms with Gasteiger partial charge in [-0.25, -0.2) is 8.42 Å². The van der Waals surface area contributed by atoms with Crippen LogP contribution in [0.15, 0.2) is 64.5 Å². The highest BCUT2D eigenvalue weighted by Crippen LogP contribution is 2.32. The van der Waals surface area contributed by atoms with Crippen LogP contribution in [0, 0.1) is 0 Å². The summed E-state index contributed by atoms with van der Waals surface area (Å²) in [6.07, 6.45) is 5.82. The maximum atomic E-state index is 11.5. The number of rotatable bonds is 7. The van der Waals surface area contributed by atoms with Gasteiger partial charge in [0, 0.05) is 19.3 Å². The summed E-state index contributed by atoms with van der Waals surface area (Å²) >= 11 is 0. The van der Waals surface area contributed by atoms with E-state index in [1.165, 1.54) is 24.7 Å². The molecule has 0 unspecified atom stereocenters. The smallest absolute Gasteiger partial charge is 0.191 e. The molecule has 0 amide bonds. The normalized spacial score (nSPS) is 19.9. The topological polar surface area (TPSA) is 79.8 Å². The van der Waals surface area contributed by atoms with Crippen LogP contribution in [0.4, 0.5) is 0 Å². The lowest BCUT2D eigenvalue weighted by Crippen LogP contribution is -2.45. The van der Waals surface area contributed by atoms with Gasteiger partial charge in [0.2, 0.25) is 0 Å². The summed E-state index contributed by atoms with van der Waals surface area (Å²) in [5.41, 5.74) is 1.44. The minimum atomic E-state index is -3.18. The van der Waals surface area contributed by atoms with Gasteiger partial charge < -0.3 is 15.4 Å². The monoisotopic (exact) mass is 429 g/mol. The quantitative estimate of drug-likeness (QED) is 0.401. The molecule has 7 heteroatoms. The number of guanidine groups is 1. The zero-order chi connectivity index (χ0) is 21.4. The zero-order valence-electron chi connectivity index (χ0n) is 17.7. The minimum Gasteiger partial charge on any atom is -0.492 e. The summed E-state index contributed by atoms with van der Waals surface area (Å²) in [5, 5.41) is 6.80. The number of sulfone groups is 1. The molecule has 30 heavy (non-hydrogen) atoms. The van der Waals surface area contributed by atoms with Gasteiger partial charge >= 0.3 is 0 Å². The fourth-order valence-corrected chi connectivity index (χ4v) is 4.44. The number of ether oxygens (including phenoxy) is 1. The second kappa shape index (κ2) is 10.5. The van der Waals surface area contributed by atoms with Gasteiger partial charge in [0.05, 0.1) is 11.4 Å². The number of hydrogen-bond donors (Lipinski definition) is 2. The van der Waals surface area contributed by atoms with E-state index in [1.54, 1.807) is 31.3 Å². The third-order valence-corrected chi connectivity index (χ3v) is 6.61. The van der Waals surface area contributed by atoms with Crippen LogP contribution < -0.4 is 15.4 Å². The summed E-state index contributed by atoms with van der Waals surface area (Å²) in [6, 6.07) is 17.7. The molecule has 0 radical (unpaired) electrons. The van der Waals surface area contributed by atoms with E-state index in [9.17, 15) is 8.42 Å². The highest BCUT2D eigenvalue weighted by Gasteiger charge is 2.22. The first kappa shape index (κ1) is 22.2. The summed E-state index contributed by atoms with van der Waals surface area (Å²) in [5.74, 6) is 2.09. The second-order valence-corrected chi connectivity index (χ2v) is 9.71. The highest BCUT2D eigenvalue weighted by atomic mass is 32.2. The predicted molar refractivity (Wildman–Crippen MR) is 121 cm³/mol. The Labute approximate surface area is 179 Å². The minimum absolute atomic E-state index is 0.291. The van der Waals surface area contributed by atoms with Crippen LogP contribution in [0.5, 0.6) is 5.75 Å². The number of nitrogens with one attached hydrogen (secondary N) is 2. The molecule has 6 nitrogen and oxygen atoms in total. The molecule has 0 bridgehead atoms. The highest BCUT2D eigenvalue weighted by molar-refractivity contribution is 7.90. The van der Waals surface area contributed by atoms with Crippen LogP contribution in [0.2, 0.25) is 0 Å². The molecular formula is C23H31N3O3S. The summed E-state index contributed by atoms with van der Waals surface area (Å²) in [7, 11) is -1.41. The Morgan fingerprint density at radius 3 is 2.30 bits per heavy atom. The lowest BCUT2D eigenvalue weighted by Gasteiger charge is -2.30. The lowest BCUT2D eigenvalue weighted by atomic mass is 9.82. The van der Waals surface area contributed by atoms with Crippen LogP contribution >= 0.6 is 0 Å². The molecule has 3 rings (SSSR count). The van der Waals surface area contributed by atoms with Crippen molar-refractivity contribution in [2.45, 2.75) is 42.5 Å². The van der Waals surface area contributed by atoms with Gasteiger partial charge in [0.15, 0.2) is 15.8 Å². The number of nitrogens with zero attached hydrogens (tertiary/aromatic N) is 1. The molecule has 1 aliphatic carbocycles. The molecule has 1 aliphatic rings. The Bertz CT molecular complexity index is 920. The van der Waals surface area contributed by atoms with E-state index in [0.29, 0.717) is 35.8 Å². The largest absolute Gasteiger partial charge is 0.492 e. The van der Waals surface area contributed by atoms with Crippen molar-refractivity contribution in [3.63, 3.8) is 0 Å². The molecule has 1 saturated carbocycles. The fourth-order valence-electron chi connectivity index (χ4n) is 3.81. The van der Waals surface area contributed by atoms with Gasteiger partial charge in [-0.2, -0.15) is 0 Å². The van der Waals surface area contributed by atoms with Gasteiger partial charge in [0.1, 0.15) is 12.4 Å². The van der Waals surface area contributed by atoms with E-state index in [2.05, 4.69) is 46.0 Å². The molecule has 162 valence electrons. The zero-order valence-corrected chi connectivity index (χ0v) is 18.5. The van der Waals surface area contributed by atoms with Gasteiger partial charge in [-0.05, 0) is 61.4 Å². The van der Waals surface area contributed by atoms with Crippen LogP contribution in [-0.4, -0.2) is 46.9 Å². The molecule has 0 saturated heterocycles. The van der Waals surface area contributed by atoms with E-state index in [-0.39, 0.29) is 0 Å². The number of aliphatic imine (C=N–C) groups is 1. The first-order valence-electron chi connectivity index (χ1n) is 10.4. The van der Waals surface area contributed by atoms with Crippen LogP contribution in [0.1, 0.15) is 37.2 Å². The maximum absolute atomic E-state index is 11.5. The summed E-state index contributed by atoms with van der Waals surface area (Å²) in [6.45, 7) is 1.06. The lowest BCUT2D eigenvalue weighted by molar-refractivity contribution is 0.320. The van der Waals surface area contributed by atoms with Gasteiger partial charge in [-0.3, -0.25) is 4.99 Å². The van der Waals surface area contributed by atoms with E-state index < -0.39 is 9.84 Å². The first-order chi connectivity index (χ1) is 14.5. The SMILES string of the molecule is CN=C(NCCOc1ccc(S(C)(=O)=O)cc1)NC1CCC(c2ccccc2)CC1. The Morgan fingerprint density at radius 2 is 1.70 bits per heavy atom. The van der Waals surface area contributed by atoms with Crippen LogP contribution in [0.3, 0.4) is 0 Å². The van der Waals surface area contributed by atoms with Crippen molar-refractivity contribution in [3.05, 3.63) is 60.2 Å². The van der Waals surface area contributed by atoms with Gasteiger partial charge in [-0.15, -0.1) is 0 Å². The molecule has 0 heterocycles. The number of benzene rings is 2. The molecule has 2 aromatic carbocycles. The van der Waals surface area contributed by atoms with Crippen molar-refractivity contribution < 1.29 is 13.2 Å². The Balaban J connectivity index is 1.37. The molecule has 0 spiro atoms. The summed E-state index contributed by atoms with van der Waals surface area (Å²) < 4.78 is 28.7. The molecule has 0 aliphatic heterocycles. The van der Waals surface area contributed by atoms with E-state index in [0.717, 1.165) is 18.8 Å². The molecule has 2 N–H and O–H groups in total. The molecule has 0 aromatic heterocycles. The van der Waals surface area contributed by atoms with Crippen LogP contribution in [-0.2, 0) is 9.84 Å². The van der Waals surface area contributed by atoms with Gasteiger partial charge in [0.25, 0.3) is 0 Å². The number of hydrogen-bond acceptors (Lipinski definition) is 4.